The first-order valence-corrected chi connectivity index (χ1v) is 13.5. The molecule has 0 unspecified atom stereocenters. The second-order valence-corrected chi connectivity index (χ2v) is 10.8. The van der Waals surface area contributed by atoms with Crippen molar-refractivity contribution < 1.29 is 14.3 Å². The monoisotopic (exact) mass is 503 g/mol. The summed E-state index contributed by atoms with van der Waals surface area (Å²) in [5, 5.41) is 6.35. The predicted octanol–water partition coefficient (Wildman–Crippen LogP) is 4.84. The molecule has 196 valence electrons. The number of rotatable bonds is 8. The molecule has 37 heavy (non-hydrogen) atoms. The van der Waals surface area contributed by atoms with Gasteiger partial charge in [0, 0.05) is 29.8 Å². The smallest absolute Gasteiger partial charge is 0.255 e. The molecule has 3 atom stereocenters. The molecule has 0 spiro atoms. The van der Waals surface area contributed by atoms with Crippen molar-refractivity contribution in [3.8, 4) is 17.0 Å². The number of aromatic nitrogens is 3. The van der Waals surface area contributed by atoms with Gasteiger partial charge in [0.1, 0.15) is 23.3 Å². The van der Waals surface area contributed by atoms with Gasteiger partial charge in [0.25, 0.3) is 5.91 Å². The maximum absolute atomic E-state index is 13.5. The van der Waals surface area contributed by atoms with Gasteiger partial charge in [-0.15, -0.1) is 0 Å². The summed E-state index contributed by atoms with van der Waals surface area (Å²) in [6, 6.07) is 6.35. The summed E-state index contributed by atoms with van der Waals surface area (Å²) in [7, 11) is 0. The van der Waals surface area contributed by atoms with Crippen LogP contribution in [-0.2, 0) is 4.79 Å². The van der Waals surface area contributed by atoms with E-state index < -0.39 is 0 Å². The molecule has 3 aromatic rings. The van der Waals surface area contributed by atoms with Gasteiger partial charge in [-0.25, -0.2) is 9.97 Å². The Morgan fingerprint density at radius 1 is 1.11 bits per heavy atom. The number of carbonyl (C=O) groups is 2. The molecule has 2 heterocycles. The van der Waals surface area contributed by atoms with E-state index in [1.54, 1.807) is 0 Å². The van der Waals surface area contributed by atoms with Crippen LogP contribution in [0.25, 0.3) is 22.3 Å². The maximum Gasteiger partial charge on any atom is 0.255 e. The number of amides is 2. The highest BCUT2D eigenvalue weighted by molar-refractivity contribution is 6.09. The minimum absolute atomic E-state index is 0.0483. The molecule has 8 nitrogen and oxygen atoms in total. The highest BCUT2D eigenvalue weighted by Crippen LogP contribution is 2.37. The summed E-state index contributed by atoms with van der Waals surface area (Å²) in [5.74, 6) is 1.66. The van der Waals surface area contributed by atoms with E-state index in [1.807, 2.05) is 26.0 Å². The number of aryl methyl sites for hydroxylation is 2. The number of nitrogens with one attached hydrogen (secondary N) is 3. The summed E-state index contributed by atoms with van der Waals surface area (Å²) >= 11 is 0. The van der Waals surface area contributed by atoms with E-state index in [2.05, 4.69) is 45.5 Å². The molecule has 2 aromatic heterocycles. The Balaban J connectivity index is 1.39. The van der Waals surface area contributed by atoms with Crippen LogP contribution in [0.4, 0.5) is 0 Å². The largest absolute Gasteiger partial charge is 0.493 e. The Hall–Kier alpha value is -3.42. The Labute approximate surface area is 218 Å². The van der Waals surface area contributed by atoms with Crippen LogP contribution in [-0.4, -0.2) is 45.5 Å². The minimum Gasteiger partial charge on any atom is -0.493 e. The number of aromatic amines is 1. The number of H-pyrrole nitrogens is 1. The van der Waals surface area contributed by atoms with Crippen molar-refractivity contribution in [1.82, 2.24) is 25.6 Å². The van der Waals surface area contributed by atoms with Crippen molar-refractivity contribution in [2.24, 2.45) is 11.8 Å². The van der Waals surface area contributed by atoms with E-state index in [1.165, 1.54) is 19.2 Å². The van der Waals surface area contributed by atoms with Crippen molar-refractivity contribution in [2.75, 3.05) is 6.61 Å². The molecule has 2 aliphatic rings. The van der Waals surface area contributed by atoms with Crippen molar-refractivity contribution in [2.45, 2.75) is 78.3 Å². The molecule has 1 aromatic carbocycles. The fourth-order valence-corrected chi connectivity index (χ4v) is 5.36. The topological polar surface area (TPSA) is 109 Å². The Kier molecular flexibility index (Phi) is 7.17. The number of carbonyl (C=O) groups excluding carboxylic acids is 2. The molecule has 0 aliphatic heterocycles. The normalized spacial score (nSPS) is 21.6. The summed E-state index contributed by atoms with van der Waals surface area (Å²) in [6.07, 6.45) is 7.00. The van der Waals surface area contributed by atoms with Crippen LogP contribution in [0, 0.1) is 25.7 Å². The second-order valence-electron chi connectivity index (χ2n) is 10.8. The predicted molar refractivity (Wildman–Crippen MR) is 144 cm³/mol. The second kappa shape index (κ2) is 10.5. The van der Waals surface area contributed by atoms with Crippen molar-refractivity contribution in [1.29, 1.82) is 0 Å². The number of ether oxygens (including phenoxy) is 1. The van der Waals surface area contributed by atoms with Gasteiger partial charge in [-0.05, 0) is 69.9 Å². The number of nitrogens with zero attached hydrogens (tertiary/aromatic N) is 2. The van der Waals surface area contributed by atoms with E-state index in [-0.39, 0.29) is 29.8 Å². The van der Waals surface area contributed by atoms with Crippen LogP contribution in [0.5, 0.6) is 5.75 Å². The molecule has 0 bridgehead atoms. The van der Waals surface area contributed by atoms with E-state index in [4.69, 9.17) is 4.74 Å². The molecular formula is C29H37N5O3. The van der Waals surface area contributed by atoms with Gasteiger partial charge >= 0.3 is 0 Å². The minimum atomic E-state index is -0.129. The lowest BCUT2D eigenvalue weighted by molar-refractivity contribution is -0.121. The standard InChI is InChI=1S/C29H37N5O3/c1-5-24(35)33-20-9-10-22(17(3)13-20)34-29(36)25-18(4)32-28-26(30-15-31-27(25)28)21-12-16(2)6-11-23(21)37-14-19-7-8-19/h6,11-12,15,17,19-20,22,32H,5,7-10,13-14H2,1-4H3,(H,33,35)(H,34,36)/t17-,20-,22-/m1/s1. The molecule has 2 amide bonds. The molecule has 2 aliphatic carbocycles. The van der Waals surface area contributed by atoms with Crippen molar-refractivity contribution in [3.63, 3.8) is 0 Å². The fourth-order valence-electron chi connectivity index (χ4n) is 5.36. The van der Waals surface area contributed by atoms with Gasteiger partial charge in [0.2, 0.25) is 5.91 Å². The van der Waals surface area contributed by atoms with Gasteiger partial charge in [-0.1, -0.05) is 25.5 Å². The van der Waals surface area contributed by atoms with E-state index in [0.29, 0.717) is 30.0 Å². The molecule has 3 N–H and O–H groups in total. The molecule has 2 saturated carbocycles. The van der Waals surface area contributed by atoms with Gasteiger partial charge in [-0.3, -0.25) is 9.59 Å². The Bertz CT molecular complexity index is 1310. The Morgan fingerprint density at radius 3 is 2.65 bits per heavy atom. The van der Waals surface area contributed by atoms with Gasteiger partial charge in [-0.2, -0.15) is 0 Å². The lowest BCUT2D eigenvalue weighted by atomic mass is 9.82. The summed E-state index contributed by atoms with van der Waals surface area (Å²) in [5.41, 5.74) is 5.43. The zero-order valence-corrected chi connectivity index (χ0v) is 22.2. The fraction of sp³-hybridized carbons (Fsp3) is 0.517. The lowest BCUT2D eigenvalue weighted by Gasteiger charge is -2.35. The summed E-state index contributed by atoms with van der Waals surface area (Å²) in [4.78, 5) is 37.9. The molecule has 0 radical (unpaired) electrons. The number of hydrogen-bond acceptors (Lipinski definition) is 5. The van der Waals surface area contributed by atoms with Crippen LogP contribution >= 0.6 is 0 Å². The molecule has 8 heteroatoms. The molecule has 2 fully saturated rings. The van der Waals surface area contributed by atoms with Crippen LogP contribution in [0.2, 0.25) is 0 Å². The van der Waals surface area contributed by atoms with E-state index in [9.17, 15) is 9.59 Å². The molecular weight excluding hydrogens is 466 g/mol. The lowest BCUT2D eigenvalue weighted by Crippen LogP contribution is -2.48. The van der Waals surface area contributed by atoms with E-state index in [0.717, 1.165) is 53.0 Å². The first-order chi connectivity index (χ1) is 17.8. The van der Waals surface area contributed by atoms with Crippen LogP contribution in [0.3, 0.4) is 0 Å². The first-order valence-electron chi connectivity index (χ1n) is 13.5. The first kappa shape index (κ1) is 25.2. The third-order valence-electron chi connectivity index (χ3n) is 7.73. The Morgan fingerprint density at radius 2 is 1.92 bits per heavy atom. The number of fused-ring (bicyclic) bond motifs is 1. The van der Waals surface area contributed by atoms with Crippen molar-refractivity contribution in [3.05, 3.63) is 41.3 Å². The number of hydrogen-bond donors (Lipinski definition) is 3. The highest BCUT2D eigenvalue weighted by Gasteiger charge is 2.31. The molecule has 0 saturated heterocycles. The van der Waals surface area contributed by atoms with Gasteiger partial charge < -0.3 is 20.4 Å². The quantitative estimate of drug-likeness (QED) is 0.407. The zero-order valence-electron chi connectivity index (χ0n) is 22.2. The molecule has 5 rings (SSSR count). The van der Waals surface area contributed by atoms with E-state index >= 15 is 0 Å². The zero-order chi connectivity index (χ0) is 26.1. The van der Waals surface area contributed by atoms with Crippen LogP contribution in [0.1, 0.15) is 74.0 Å². The third kappa shape index (κ3) is 5.48. The maximum atomic E-state index is 13.5. The van der Waals surface area contributed by atoms with Crippen molar-refractivity contribution >= 4 is 22.8 Å². The average Bonchev–Trinajstić information content (AvgIpc) is 3.64. The van der Waals surface area contributed by atoms with Crippen LogP contribution in [0.15, 0.2) is 24.5 Å². The summed E-state index contributed by atoms with van der Waals surface area (Å²) < 4.78 is 6.18. The highest BCUT2D eigenvalue weighted by atomic mass is 16.5. The average molecular weight is 504 g/mol. The van der Waals surface area contributed by atoms with Gasteiger partial charge in [0.05, 0.1) is 17.7 Å². The van der Waals surface area contributed by atoms with Crippen LogP contribution < -0.4 is 15.4 Å². The summed E-state index contributed by atoms with van der Waals surface area (Å²) in [6.45, 7) is 8.67. The number of benzene rings is 1. The van der Waals surface area contributed by atoms with Gasteiger partial charge in [0.15, 0.2) is 0 Å². The SMILES string of the molecule is CCC(=O)N[C@@H]1CC[C@@H](NC(=O)c2c(C)[nH]c3c(-c4cc(C)ccc4OCC4CC4)ncnc23)[C@H](C)C1. The third-order valence-corrected chi connectivity index (χ3v) is 7.73.